The van der Waals surface area contributed by atoms with Gasteiger partial charge < -0.3 is 39.1 Å². The smallest absolute Gasteiger partial charge is 0.756 e. The molecule has 0 radical (unpaired) electrons. The summed E-state index contributed by atoms with van der Waals surface area (Å²) in [4.78, 5) is 12.4. The average Bonchev–Trinajstić information content (AvgIpc) is 2.94. The Morgan fingerprint density at radius 2 is 1.19 bits per heavy atom. The van der Waals surface area contributed by atoms with E-state index in [1.165, 1.54) is 0 Å². The second kappa shape index (κ2) is 18.2. The number of alkyl halides is 13. The van der Waals surface area contributed by atoms with Gasteiger partial charge in [-0.3, -0.25) is 4.57 Å². The first-order valence-corrected chi connectivity index (χ1v) is 15.5. The standard InChI is InChI=1S/C24H36F13O9P.Na/c1-2-3-4-5-6-7-8-9-13(46-47(42,43)44-12-14-15(38)16(39)17(40)18(41)45-14)10-11-19(25,26)20(27,28)21(29,30)22(31,32)23(33,34)24(35,36)37;/h13-18,38-41H,2-12H2,1H3,(H,42,43);/q;+1/p-1/t13?,14-,15-,16+,17-,18-;/m1./s1. The summed E-state index contributed by atoms with van der Waals surface area (Å²) in [6.07, 6.45) is -21.2. The number of halogens is 13. The molecular weight excluding hydrogens is 733 g/mol. The number of hydrogen-bond donors (Lipinski definition) is 4. The first-order valence-electron chi connectivity index (χ1n) is 14.1. The van der Waals surface area contributed by atoms with E-state index in [2.05, 4.69) is 13.8 Å². The predicted molar refractivity (Wildman–Crippen MR) is 130 cm³/mol. The van der Waals surface area contributed by atoms with E-state index < -0.39 is 106 Å². The van der Waals surface area contributed by atoms with Gasteiger partial charge in [-0.25, -0.2) is 0 Å². The zero-order valence-electron chi connectivity index (χ0n) is 25.4. The van der Waals surface area contributed by atoms with Gasteiger partial charge in [0.05, 0.1) is 12.7 Å². The number of aliphatic hydroxyl groups excluding tert-OH is 4. The minimum atomic E-state index is -8.08. The van der Waals surface area contributed by atoms with Crippen LogP contribution in [0.25, 0.3) is 0 Å². The first-order chi connectivity index (χ1) is 21.1. The first kappa shape index (κ1) is 48.0. The third kappa shape index (κ3) is 11.2. The quantitative estimate of drug-likeness (QED) is 0.0635. The average molecular weight is 768 g/mol. The molecule has 1 aliphatic rings. The Hall–Kier alpha value is -0.000000000000000666. The number of phosphoric ester groups is 1. The molecule has 0 aromatic rings. The summed E-state index contributed by atoms with van der Waals surface area (Å²) in [6.45, 7) is 0.619. The van der Waals surface area contributed by atoms with Crippen molar-refractivity contribution >= 4 is 7.82 Å². The Morgan fingerprint density at radius 3 is 1.69 bits per heavy atom. The van der Waals surface area contributed by atoms with Crippen molar-refractivity contribution in [3.05, 3.63) is 0 Å². The molecule has 1 aliphatic heterocycles. The minimum Gasteiger partial charge on any atom is -0.756 e. The van der Waals surface area contributed by atoms with Crippen LogP contribution >= 0.6 is 7.82 Å². The molecule has 0 bridgehead atoms. The number of aliphatic hydroxyl groups is 4. The monoisotopic (exact) mass is 768 g/mol. The maximum absolute atomic E-state index is 14.4. The third-order valence-corrected chi connectivity index (χ3v) is 8.29. The molecule has 0 aromatic carbocycles. The molecular formula is C24H35F13NaO9P. The summed E-state index contributed by atoms with van der Waals surface area (Å²) in [5.74, 6) is -38.0. The molecule has 48 heavy (non-hydrogen) atoms. The molecule has 0 saturated carbocycles. The third-order valence-electron chi connectivity index (χ3n) is 7.27. The molecule has 1 heterocycles. The molecule has 1 rings (SSSR count). The Kier molecular flexibility index (Phi) is 18.2. The molecule has 282 valence electrons. The summed E-state index contributed by atoms with van der Waals surface area (Å²) in [6, 6.07) is 0. The zero-order chi connectivity index (χ0) is 36.9. The van der Waals surface area contributed by atoms with E-state index in [1.54, 1.807) is 0 Å². The van der Waals surface area contributed by atoms with Gasteiger partial charge in [-0.2, -0.15) is 57.1 Å². The second-order valence-electron chi connectivity index (χ2n) is 11.0. The van der Waals surface area contributed by atoms with Crippen LogP contribution in [-0.2, 0) is 18.3 Å². The van der Waals surface area contributed by atoms with Gasteiger partial charge in [0, 0.05) is 6.42 Å². The molecule has 0 spiro atoms. The van der Waals surface area contributed by atoms with Gasteiger partial charge in [-0.05, 0) is 12.8 Å². The van der Waals surface area contributed by atoms with Crippen LogP contribution in [0.15, 0.2) is 0 Å². The normalized spacial score (nSPS) is 25.4. The molecule has 0 amide bonds. The fourth-order valence-corrected chi connectivity index (χ4v) is 5.29. The number of phosphoric acid groups is 1. The van der Waals surface area contributed by atoms with Gasteiger partial charge >= 0.3 is 65.3 Å². The Bertz CT molecular complexity index is 1030. The van der Waals surface area contributed by atoms with Crippen molar-refractivity contribution in [3.63, 3.8) is 0 Å². The van der Waals surface area contributed by atoms with E-state index in [0.717, 1.165) is 19.3 Å². The molecule has 24 heteroatoms. The van der Waals surface area contributed by atoms with E-state index in [4.69, 9.17) is 0 Å². The van der Waals surface area contributed by atoms with Gasteiger partial charge in [-0.1, -0.05) is 51.9 Å². The molecule has 0 aromatic heterocycles. The van der Waals surface area contributed by atoms with Gasteiger partial charge in [-0.15, -0.1) is 0 Å². The summed E-state index contributed by atoms with van der Waals surface area (Å²) in [7, 11) is -5.78. The molecule has 4 N–H and O–H groups in total. The minimum absolute atomic E-state index is 0. The largest absolute Gasteiger partial charge is 1.00 e. The molecule has 9 nitrogen and oxygen atoms in total. The van der Waals surface area contributed by atoms with Gasteiger partial charge in [0.25, 0.3) is 7.82 Å². The van der Waals surface area contributed by atoms with E-state index in [-0.39, 0.29) is 42.4 Å². The van der Waals surface area contributed by atoms with Crippen LogP contribution in [-0.4, -0.2) is 99.6 Å². The Balaban J connectivity index is 0.0000221. The number of rotatable bonds is 20. The van der Waals surface area contributed by atoms with Crippen LogP contribution < -0.4 is 34.5 Å². The van der Waals surface area contributed by atoms with Gasteiger partial charge in [0.2, 0.25) is 0 Å². The van der Waals surface area contributed by atoms with E-state index in [0.29, 0.717) is 12.8 Å². The maximum atomic E-state index is 14.4. The van der Waals surface area contributed by atoms with Gasteiger partial charge in [0.1, 0.15) is 24.4 Å². The zero-order valence-corrected chi connectivity index (χ0v) is 28.3. The molecule has 2 unspecified atom stereocenters. The van der Waals surface area contributed by atoms with E-state index in [9.17, 15) is 87.0 Å². The van der Waals surface area contributed by atoms with Crippen molar-refractivity contribution in [2.75, 3.05) is 6.61 Å². The van der Waals surface area contributed by atoms with Crippen molar-refractivity contribution in [1.29, 1.82) is 0 Å². The Morgan fingerprint density at radius 1 is 0.708 bits per heavy atom. The molecule has 1 fully saturated rings. The van der Waals surface area contributed by atoms with Crippen molar-refractivity contribution in [2.45, 2.75) is 144 Å². The van der Waals surface area contributed by atoms with Crippen LogP contribution in [0.4, 0.5) is 57.1 Å². The number of hydrogen-bond acceptors (Lipinski definition) is 9. The summed E-state index contributed by atoms with van der Waals surface area (Å²) < 4.78 is 201. The maximum Gasteiger partial charge on any atom is 1.00 e. The van der Waals surface area contributed by atoms with Crippen LogP contribution in [0.2, 0.25) is 0 Å². The van der Waals surface area contributed by atoms with Crippen molar-refractivity contribution < 1.29 is 130 Å². The summed E-state index contributed by atoms with van der Waals surface area (Å²) in [5.41, 5.74) is 0. The van der Waals surface area contributed by atoms with Crippen LogP contribution in [0.1, 0.15) is 71.1 Å². The number of unbranched alkanes of at least 4 members (excludes halogenated alkanes) is 6. The fraction of sp³-hybridized carbons (Fsp3) is 1.00. The van der Waals surface area contributed by atoms with Crippen LogP contribution in [0.5, 0.6) is 0 Å². The van der Waals surface area contributed by atoms with E-state index >= 15 is 0 Å². The van der Waals surface area contributed by atoms with Crippen molar-refractivity contribution in [1.82, 2.24) is 0 Å². The summed E-state index contributed by atoms with van der Waals surface area (Å²) >= 11 is 0. The van der Waals surface area contributed by atoms with E-state index in [1.807, 2.05) is 6.92 Å². The Labute approximate surface area is 288 Å². The molecule has 7 atom stereocenters. The topological polar surface area (TPSA) is 149 Å². The van der Waals surface area contributed by atoms with Crippen LogP contribution in [0, 0.1) is 0 Å². The molecule has 0 aliphatic carbocycles. The fourth-order valence-electron chi connectivity index (χ4n) is 4.33. The van der Waals surface area contributed by atoms with Crippen LogP contribution in [0.3, 0.4) is 0 Å². The second-order valence-corrected chi connectivity index (χ2v) is 12.3. The SMILES string of the molecule is CCCCCCCCCC(CCC(F)(F)C(F)(F)C(F)(F)C(F)(F)C(F)(F)C(F)(F)F)OP(=O)([O-])OC[C@H]1O[C@@H](O)[C@H](O)[C@@H](O)[C@@H]1O.[Na+]. The van der Waals surface area contributed by atoms with Crippen molar-refractivity contribution in [2.24, 2.45) is 0 Å². The molecule has 1 saturated heterocycles. The van der Waals surface area contributed by atoms with Gasteiger partial charge in [0.15, 0.2) is 6.29 Å². The predicted octanol–water partition coefficient (Wildman–Crippen LogP) is 2.32. The number of ether oxygens (including phenoxy) is 1. The summed E-state index contributed by atoms with van der Waals surface area (Å²) in [5, 5.41) is 38.4. The van der Waals surface area contributed by atoms with Crippen molar-refractivity contribution in [3.8, 4) is 0 Å².